The quantitative estimate of drug-likeness (QED) is 0.0266. The number of azide groups is 1. The van der Waals surface area contributed by atoms with E-state index in [-0.39, 0.29) is 35.2 Å². The predicted octanol–water partition coefficient (Wildman–Crippen LogP) is 14.0. The lowest BCUT2D eigenvalue weighted by Gasteiger charge is -2.46. The van der Waals surface area contributed by atoms with Gasteiger partial charge >= 0.3 is 5.97 Å². The summed E-state index contributed by atoms with van der Waals surface area (Å²) in [5.74, 6) is -1.21. The van der Waals surface area contributed by atoms with Crippen LogP contribution in [0.4, 0.5) is 0 Å². The van der Waals surface area contributed by atoms with Gasteiger partial charge < -0.3 is 18.0 Å². The number of rotatable bonds is 13. The van der Waals surface area contributed by atoms with Crippen LogP contribution in [-0.4, -0.2) is 61.2 Å². The smallest absolute Gasteiger partial charge is 0.330 e. The minimum atomic E-state index is -2.30. The zero-order valence-corrected chi connectivity index (χ0v) is 42.4. The Morgan fingerprint density at radius 2 is 1.53 bits per heavy atom. The number of allylic oxidation sites excluding steroid dienone is 6. The summed E-state index contributed by atoms with van der Waals surface area (Å²) < 4.78 is 27.9. The third-order valence-electron chi connectivity index (χ3n) is 11.5. The predicted molar refractivity (Wildman–Crippen MR) is 251 cm³/mol. The van der Waals surface area contributed by atoms with Crippen LogP contribution in [0, 0.1) is 5.92 Å². The molecule has 1 rings (SSSR count). The van der Waals surface area contributed by atoms with E-state index in [1.54, 1.807) is 12.2 Å². The van der Waals surface area contributed by atoms with Crippen molar-refractivity contribution in [1.29, 1.82) is 0 Å². The van der Waals surface area contributed by atoms with Crippen molar-refractivity contribution in [2.24, 2.45) is 11.0 Å². The van der Waals surface area contributed by atoms with Crippen molar-refractivity contribution in [3.63, 3.8) is 0 Å². The molecular weight excluding hydrogens is 775 g/mol. The molecule has 0 spiro atoms. The lowest BCUT2D eigenvalue weighted by Crippen LogP contribution is -2.53. The van der Waals surface area contributed by atoms with E-state index in [0.29, 0.717) is 29.5 Å². The van der Waals surface area contributed by atoms with E-state index in [0.717, 1.165) is 36.8 Å². The Morgan fingerprint density at radius 1 is 0.914 bits per heavy atom. The highest BCUT2D eigenvalue weighted by atomic mass is 28.4. The van der Waals surface area contributed by atoms with Gasteiger partial charge in [-0.3, -0.25) is 4.79 Å². The van der Waals surface area contributed by atoms with Gasteiger partial charge in [-0.2, -0.15) is 0 Å². The molecule has 0 saturated carbocycles. The average Bonchev–Trinajstić information content (AvgIpc) is 3.07. The van der Waals surface area contributed by atoms with E-state index < -0.39 is 37.0 Å². The molecule has 0 fully saturated rings. The van der Waals surface area contributed by atoms with Crippen molar-refractivity contribution in [3.05, 3.63) is 82.3 Å². The maximum atomic E-state index is 13.2. The molecule has 0 radical (unpaired) electrons. The fraction of sp³-hybridized carbons (Fsp3) is 0.696. The second-order valence-electron chi connectivity index (χ2n) is 19.6. The molecule has 0 aromatic heterocycles. The van der Waals surface area contributed by atoms with Crippen LogP contribution < -0.4 is 0 Å². The molecule has 0 N–H and O–H groups in total. The van der Waals surface area contributed by atoms with Gasteiger partial charge in [0, 0.05) is 23.3 Å². The van der Waals surface area contributed by atoms with Crippen molar-refractivity contribution in [1.82, 2.24) is 0 Å². The molecule has 0 aromatic carbocycles. The van der Waals surface area contributed by atoms with E-state index in [4.69, 9.17) is 23.5 Å². The van der Waals surface area contributed by atoms with E-state index >= 15 is 0 Å². The Hall–Kier alpha value is -2.58. The fourth-order valence-corrected chi connectivity index (χ4v) is 15.6. The minimum Gasteiger partial charge on any atom is -0.458 e. The normalized spacial score (nSPS) is 25.1. The average molecular weight is 856 g/mol. The Morgan fingerprint density at radius 3 is 2.09 bits per heavy atom. The van der Waals surface area contributed by atoms with Gasteiger partial charge in [0.15, 0.2) is 16.6 Å². The van der Waals surface area contributed by atoms with Crippen LogP contribution in [0.3, 0.4) is 0 Å². The molecule has 9 nitrogen and oxygen atoms in total. The second-order valence-corrected chi connectivity index (χ2v) is 34.3. The van der Waals surface area contributed by atoms with Crippen molar-refractivity contribution in [3.8, 4) is 0 Å². The highest BCUT2D eigenvalue weighted by Gasteiger charge is 2.48. The molecule has 0 saturated heterocycles. The second kappa shape index (κ2) is 24.6. The molecule has 328 valence electrons. The highest BCUT2D eigenvalue weighted by molar-refractivity contribution is 6.77. The molecule has 1 amide bonds. The topological polar surface area (TPSA) is 120 Å². The summed E-state index contributed by atoms with van der Waals surface area (Å²) in [6.07, 6.45) is 22.9. The number of carbonyl (C=O) groups is 2. The lowest BCUT2D eigenvalue weighted by molar-refractivity contribution is -0.144. The maximum Gasteiger partial charge on any atom is 0.330 e. The van der Waals surface area contributed by atoms with Crippen LogP contribution in [0.2, 0.25) is 54.4 Å². The molecule has 5 atom stereocenters. The summed E-state index contributed by atoms with van der Waals surface area (Å²) in [5, 5.41) is 3.14. The Labute approximate surface area is 356 Å². The molecule has 0 bridgehead atoms. The van der Waals surface area contributed by atoms with Gasteiger partial charge in [-0.1, -0.05) is 129 Å². The summed E-state index contributed by atoms with van der Waals surface area (Å²) in [6.45, 7) is 38.2. The summed E-state index contributed by atoms with van der Waals surface area (Å²) in [5.41, 5.74) is 11.7. The number of carbonyl (C=O) groups excluding carboxylic acids is 2. The monoisotopic (exact) mass is 856 g/mol. The van der Waals surface area contributed by atoms with Gasteiger partial charge in [-0.25, -0.2) is 4.79 Å². The Balaban J connectivity index is 3.82. The number of cyclic esters (lactones) is 1. The Kier molecular flexibility index (Phi) is 22.7. The number of ether oxygens (including phenoxy) is 1. The zero-order chi connectivity index (χ0) is 44.5. The fourth-order valence-electron chi connectivity index (χ4n) is 7.58. The summed E-state index contributed by atoms with van der Waals surface area (Å²) in [6, 6.07) is 0. The van der Waals surface area contributed by atoms with E-state index in [1.807, 2.05) is 26.0 Å². The highest BCUT2D eigenvalue weighted by Crippen LogP contribution is 2.44. The van der Waals surface area contributed by atoms with E-state index in [1.165, 1.54) is 6.08 Å². The van der Waals surface area contributed by atoms with Crippen molar-refractivity contribution < 1.29 is 27.6 Å². The number of amides is 1. The summed E-state index contributed by atoms with van der Waals surface area (Å²) >= 11 is 0. The van der Waals surface area contributed by atoms with Crippen LogP contribution in [0.5, 0.6) is 0 Å². The first kappa shape index (κ1) is 53.4. The minimum absolute atomic E-state index is 0.0440. The summed E-state index contributed by atoms with van der Waals surface area (Å²) in [7, 11) is -6.42. The molecule has 0 aromatic rings. The van der Waals surface area contributed by atoms with Crippen molar-refractivity contribution >= 4 is 36.8 Å². The van der Waals surface area contributed by atoms with Crippen LogP contribution in [0.1, 0.15) is 122 Å². The molecule has 1 heterocycles. The molecule has 12 heteroatoms. The molecule has 0 aliphatic carbocycles. The van der Waals surface area contributed by atoms with Crippen LogP contribution in [0.25, 0.3) is 10.4 Å². The first-order valence-corrected chi connectivity index (χ1v) is 30.1. The van der Waals surface area contributed by atoms with Gasteiger partial charge in [-0.05, 0) is 117 Å². The molecule has 0 unspecified atom stereocenters. The van der Waals surface area contributed by atoms with Gasteiger partial charge in [-0.15, -0.1) is 0 Å². The van der Waals surface area contributed by atoms with Gasteiger partial charge in [0.05, 0.1) is 18.3 Å². The van der Waals surface area contributed by atoms with Crippen molar-refractivity contribution in [2.75, 3.05) is 0 Å². The third-order valence-corrected chi connectivity index (χ3v) is 23.1. The molecule has 1 aliphatic heterocycles. The van der Waals surface area contributed by atoms with Crippen LogP contribution in [-0.2, 0) is 27.6 Å². The largest absolute Gasteiger partial charge is 0.458 e. The van der Waals surface area contributed by atoms with E-state index in [9.17, 15) is 9.59 Å². The van der Waals surface area contributed by atoms with Crippen molar-refractivity contribution in [2.45, 2.75) is 200 Å². The number of esters is 1. The summed E-state index contributed by atoms with van der Waals surface area (Å²) in [4.78, 5) is 27.5. The maximum absolute atomic E-state index is 13.2. The molecule has 1 aliphatic rings. The SMILES string of the molecule is CC(/C=C/C(=O)N=[N+]=[N-])=C\[C@H](C)[C@@H]1C/C(C)=C/C=C/CC[C@H](O[Si](C)(C)C)[C@H](O[Si](C(C)C)(C(C)C)C(C)C)/C=C/[C@@H](O[Si](C)(C)C(C)(C)C)CCC/C=C/C(=O)O1. The van der Waals surface area contributed by atoms with Crippen LogP contribution in [0.15, 0.2) is 77.0 Å². The first-order chi connectivity index (χ1) is 26.7. The number of nitrogens with zero attached hydrogens (tertiary/aromatic N) is 3. The number of hydrogen-bond donors (Lipinski definition) is 0. The first-order valence-electron chi connectivity index (χ1n) is 21.6. The van der Waals surface area contributed by atoms with Gasteiger partial charge in [0.1, 0.15) is 6.10 Å². The number of hydrogen-bond acceptors (Lipinski definition) is 6. The van der Waals surface area contributed by atoms with Gasteiger partial charge in [0.2, 0.25) is 14.2 Å². The Bertz CT molecular complexity index is 1520. The molecular formula is C46H81N3O6Si3. The molecule has 58 heavy (non-hydrogen) atoms. The standard InChI is InChI=1S/C46H81N3O6Si3/c1-34(2)58(35(3)4,36(5)6)55-42-30-29-40(53-57(16,17)46(10,11)12)25-21-19-23-27-45(51)52-43(39(9)32-38(8)28-31-44(50)48-49-47)33-37(7)24-20-18-22-26-41(42)54-56(13,14)15/h18,20,23-24,27-32,34-36,39-43H,19,21-22,25-26,33H2,1-17H3/b20-18+,27-23+,30-29+,31-28+,37-24+,38-32+/t39-,40-,41-,42+,43-/m0/s1. The zero-order valence-electron chi connectivity index (χ0n) is 39.4. The van der Waals surface area contributed by atoms with E-state index in [2.05, 4.69) is 142 Å². The van der Waals surface area contributed by atoms with Gasteiger partial charge in [0.25, 0.3) is 0 Å². The van der Waals surface area contributed by atoms with Crippen LogP contribution >= 0.6 is 0 Å². The third kappa shape index (κ3) is 18.8. The lowest BCUT2D eigenvalue weighted by atomic mass is 9.95.